The molecule has 3 aromatic rings. The summed E-state index contributed by atoms with van der Waals surface area (Å²) in [5.74, 6) is -0.0595. The van der Waals surface area contributed by atoms with Gasteiger partial charge in [-0.3, -0.25) is 0 Å². The molecular weight excluding hydrogens is 343 g/mol. The van der Waals surface area contributed by atoms with Crippen LogP contribution in [-0.4, -0.2) is 9.97 Å². The van der Waals surface area contributed by atoms with E-state index in [1.165, 1.54) is 18.2 Å². The zero-order valence-corrected chi connectivity index (χ0v) is 13.4. The number of benzene rings is 2. The maximum Gasteiger partial charge on any atom is 0.416 e. The number of ether oxygens (including phenoxy) is 1. The number of halogens is 3. The number of rotatable bonds is 4. The highest BCUT2D eigenvalue weighted by Gasteiger charge is 2.30. The van der Waals surface area contributed by atoms with Gasteiger partial charge in [-0.05, 0) is 17.7 Å². The average molecular weight is 355 g/mol. The van der Waals surface area contributed by atoms with Crippen LogP contribution in [0.1, 0.15) is 17.0 Å². The fourth-order valence-corrected chi connectivity index (χ4v) is 2.28. The van der Waals surface area contributed by atoms with Crippen LogP contribution in [0.3, 0.4) is 0 Å². The van der Waals surface area contributed by atoms with E-state index in [0.29, 0.717) is 0 Å². The Balaban J connectivity index is 1.92. The molecule has 4 nitrogen and oxygen atoms in total. The second-order valence-electron chi connectivity index (χ2n) is 5.38. The van der Waals surface area contributed by atoms with Gasteiger partial charge in [0.1, 0.15) is 12.7 Å². The van der Waals surface area contributed by atoms with Gasteiger partial charge in [0.2, 0.25) is 11.7 Å². The first-order valence-corrected chi connectivity index (χ1v) is 7.59. The van der Waals surface area contributed by atoms with E-state index in [9.17, 15) is 13.2 Å². The molecule has 0 fully saturated rings. The number of hydrogen-bond acceptors (Lipinski definition) is 4. The lowest BCUT2D eigenvalue weighted by atomic mass is 10.1. The van der Waals surface area contributed by atoms with Crippen LogP contribution in [0.2, 0.25) is 0 Å². The smallest absolute Gasteiger partial charge is 0.416 e. The van der Waals surface area contributed by atoms with Gasteiger partial charge in [-0.1, -0.05) is 42.5 Å². The zero-order valence-electron chi connectivity index (χ0n) is 13.4. The molecule has 0 aliphatic heterocycles. The van der Waals surface area contributed by atoms with Crippen LogP contribution in [0, 0.1) is 11.3 Å². The molecule has 0 saturated carbocycles. The van der Waals surface area contributed by atoms with Crippen molar-refractivity contribution >= 4 is 0 Å². The van der Waals surface area contributed by atoms with Crippen LogP contribution >= 0.6 is 0 Å². The minimum atomic E-state index is -4.46. The van der Waals surface area contributed by atoms with Gasteiger partial charge in [-0.25, -0.2) is 4.98 Å². The Morgan fingerprint density at radius 2 is 1.73 bits per heavy atom. The van der Waals surface area contributed by atoms with Crippen LogP contribution in [0.5, 0.6) is 5.88 Å². The zero-order chi connectivity index (χ0) is 18.6. The molecule has 0 spiro atoms. The Hall–Kier alpha value is -3.40. The van der Waals surface area contributed by atoms with E-state index >= 15 is 0 Å². The molecule has 1 aromatic heterocycles. The van der Waals surface area contributed by atoms with E-state index in [0.717, 1.165) is 17.7 Å². The summed E-state index contributed by atoms with van der Waals surface area (Å²) in [5, 5.41) is 9.09. The van der Waals surface area contributed by atoms with Gasteiger partial charge in [-0.2, -0.15) is 23.4 Å². The van der Waals surface area contributed by atoms with Crippen LogP contribution in [0.4, 0.5) is 13.2 Å². The summed E-state index contributed by atoms with van der Waals surface area (Å²) in [6, 6.07) is 17.2. The second-order valence-corrected chi connectivity index (χ2v) is 5.38. The average Bonchev–Trinajstić information content (AvgIpc) is 2.66. The van der Waals surface area contributed by atoms with Gasteiger partial charge < -0.3 is 4.74 Å². The summed E-state index contributed by atoms with van der Waals surface area (Å²) in [5.41, 5.74) is 0.512. The van der Waals surface area contributed by atoms with Crippen molar-refractivity contribution in [3.63, 3.8) is 0 Å². The monoisotopic (exact) mass is 355 g/mol. The number of alkyl halides is 3. The fraction of sp³-hybridized carbons (Fsp3) is 0.105. The molecule has 0 amide bonds. The van der Waals surface area contributed by atoms with E-state index in [1.54, 1.807) is 6.07 Å². The van der Waals surface area contributed by atoms with Crippen molar-refractivity contribution in [1.29, 1.82) is 5.26 Å². The van der Waals surface area contributed by atoms with Gasteiger partial charge in [0, 0.05) is 11.6 Å². The van der Waals surface area contributed by atoms with Crippen molar-refractivity contribution < 1.29 is 17.9 Å². The van der Waals surface area contributed by atoms with Crippen molar-refractivity contribution in [3.05, 3.63) is 77.6 Å². The molecular formula is C19H12F3N3O. The molecule has 0 aliphatic rings. The van der Waals surface area contributed by atoms with E-state index in [-0.39, 0.29) is 29.6 Å². The predicted octanol–water partition coefficient (Wildman–Crippen LogP) is 4.61. The van der Waals surface area contributed by atoms with Crippen molar-refractivity contribution in [3.8, 4) is 23.2 Å². The first-order chi connectivity index (χ1) is 12.5. The number of nitriles is 1. The Morgan fingerprint density at radius 1 is 0.962 bits per heavy atom. The van der Waals surface area contributed by atoms with Crippen molar-refractivity contribution in [2.75, 3.05) is 0 Å². The first kappa shape index (κ1) is 17.4. The highest BCUT2D eigenvalue weighted by Crippen LogP contribution is 2.32. The minimum Gasteiger partial charge on any atom is -0.473 e. The Morgan fingerprint density at radius 3 is 2.42 bits per heavy atom. The van der Waals surface area contributed by atoms with Crippen LogP contribution in [0.15, 0.2) is 60.7 Å². The maximum absolute atomic E-state index is 12.9. The quantitative estimate of drug-likeness (QED) is 0.686. The predicted molar refractivity (Wildman–Crippen MR) is 88.0 cm³/mol. The second kappa shape index (κ2) is 7.23. The number of nitrogens with zero attached hydrogens (tertiary/aromatic N) is 3. The molecule has 130 valence electrons. The normalized spacial score (nSPS) is 11.0. The number of aromatic nitrogens is 2. The Labute approximate surface area is 147 Å². The highest BCUT2D eigenvalue weighted by molar-refractivity contribution is 5.61. The van der Waals surface area contributed by atoms with Gasteiger partial charge in [0.25, 0.3) is 0 Å². The van der Waals surface area contributed by atoms with Crippen molar-refractivity contribution in [1.82, 2.24) is 9.97 Å². The lowest BCUT2D eigenvalue weighted by Crippen LogP contribution is -2.05. The molecule has 0 saturated heterocycles. The maximum atomic E-state index is 12.9. The first-order valence-electron chi connectivity index (χ1n) is 7.59. The molecule has 1 heterocycles. The molecule has 0 aliphatic carbocycles. The molecule has 0 bridgehead atoms. The largest absolute Gasteiger partial charge is 0.473 e. The molecule has 26 heavy (non-hydrogen) atoms. The lowest BCUT2D eigenvalue weighted by molar-refractivity contribution is -0.137. The third kappa shape index (κ3) is 4.16. The standard InChI is InChI=1S/C19H12F3N3O/c20-19(21,22)15-8-4-7-14(9-15)16-10-18(25-17(11-23)24-16)26-12-13-5-2-1-3-6-13/h1-10H,12H2. The van der Waals surface area contributed by atoms with E-state index < -0.39 is 11.7 Å². The molecule has 0 unspecified atom stereocenters. The van der Waals surface area contributed by atoms with Gasteiger partial charge in [0.05, 0.1) is 11.3 Å². The molecule has 3 rings (SSSR count). The summed E-state index contributed by atoms with van der Waals surface area (Å²) in [6.45, 7) is 0.213. The fourth-order valence-electron chi connectivity index (χ4n) is 2.28. The number of hydrogen-bond donors (Lipinski definition) is 0. The summed E-state index contributed by atoms with van der Waals surface area (Å²) in [6.07, 6.45) is -4.46. The Bertz CT molecular complexity index is 950. The van der Waals surface area contributed by atoms with Gasteiger partial charge in [-0.15, -0.1) is 0 Å². The van der Waals surface area contributed by atoms with Crippen LogP contribution < -0.4 is 4.74 Å². The topological polar surface area (TPSA) is 58.8 Å². The SMILES string of the molecule is N#Cc1nc(OCc2ccccc2)cc(-c2cccc(C(F)(F)F)c2)n1. The molecule has 0 atom stereocenters. The summed E-state index contributed by atoms with van der Waals surface area (Å²) in [4.78, 5) is 7.93. The van der Waals surface area contributed by atoms with Crippen molar-refractivity contribution in [2.45, 2.75) is 12.8 Å². The highest BCUT2D eigenvalue weighted by atomic mass is 19.4. The molecule has 0 N–H and O–H groups in total. The third-order valence-electron chi connectivity index (χ3n) is 3.52. The Kier molecular flexibility index (Phi) is 4.85. The third-order valence-corrected chi connectivity index (χ3v) is 3.52. The molecule has 7 heteroatoms. The summed E-state index contributed by atoms with van der Waals surface area (Å²) in [7, 11) is 0. The lowest BCUT2D eigenvalue weighted by Gasteiger charge is -2.10. The van der Waals surface area contributed by atoms with Crippen LogP contribution in [-0.2, 0) is 12.8 Å². The summed E-state index contributed by atoms with van der Waals surface area (Å²) >= 11 is 0. The van der Waals surface area contributed by atoms with E-state index in [1.807, 2.05) is 30.3 Å². The molecule has 0 radical (unpaired) electrons. The van der Waals surface area contributed by atoms with Crippen LogP contribution in [0.25, 0.3) is 11.3 Å². The van der Waals surface area contributed by atoms with E-state index in [2.05, 4.69) is 9.97 Å². The van der Waals surface area contributed by atoms with E-state index in [4.69, 9.17) is 10.00 Å². The van der Waals surface area contributed by atoms with Gasteiger partial charge in [0.15, 0.2) is 0 Å². The van der Waals surface area contributed by atoms with Crippen molar-refractivity contribution in [2.24, 2.45) is 0 Å². The summed E-state index contributed by atoms with van der Waals surface area (Å²) < 4.78 is 44.3. The molecule has 2 aromatic carbocycles. The van der Waals surface area contributed by atoms with Gasteiger partial charge >= 0.3 is 6.18 Å². The minimum absolute atomic E-state index is 0.118.